The zero-order chi connectivity index (χ0) is 16.1. The number of nitrogens with zero attached hydrogens (tertiary/aromatic N) is 2. The SMILES string of the molecule is C[C@H](CNC(=O)c1cccc(N(C)C)c1)N1CCOC[C@H]1C. The second-order valence-electron chi connectivity index (χ2n) is 6.17. The molecule has 1 fully saturated rings. The second-order valence-corrected chi connectivity index (χ2v) is 6.17. The Morgan fingerprint density at radius 3 is 2.95 bits per heavy atom. The first-order chi connectivity index (χ1) is 10.5. The first-order valence-electron chi connectivity index (χ1n) is 7.88. The molecule has 1 N–H and O–H groups in total. The average Bonchev–Trinajstić information content (AvgIpc) is 2.52. The minimum absolute atomic E-state index is 0.0172. The Morgan fingerprint density at radius 2 is 2.27 bits per heavy atom. The van der Waals surface area contributed by atoms with E-state index in [2.05, 4.69) is 24.1 Å². The van der Waals surface area contributed by atoms with Gasteiger partial charge in [-0.2, -0.15) is 0 Å². The van der Waals surface area contributed by atoms with Crippen LogP contribution in [0.2, 0.25) is 0 Å². The van der Waals surface area contributed by atoms with Gasteiger partial charge in [-0.3, -0.25) is 9.69 Å². The molecule has 1 heterocycles. The number of benzene rings is 1. The monoisotopic (exact) mass is 305 g/mol. The number of hydrogen-bond acceptors (Lipinski definition) is 4. The van der Waals surface area contributed by atoms with E-state index in [1.54, 1.807) is 0 Å². The van der Waals surface area contributed by atoms with Crippen molar-refractivity contribution in [2.24, 2.45) is 0 Å². The molecule has 122 valence electrons. The Kier molecular flexibility index (Phi) is 5.80. The van der Waals surface area contributed by atoms with Gasteiger partial charge in [-0.25, -0.2) is 0 Å². The van der Waals surface area contributed by atoms with Gasteiger partial charge >= 0.3 is 0 Å². The molecule has 0 aliphatic carbocycles. The Morgan fingerprint density at radius 1 is 1.50 bits per heavy atom. The lowest BCUT2D eigenvalue weighted by Gasteiger charge is -2.37. The van der Waals surface area contributed by atoms with E-state index in [1.807, 2.05) is 43.3 Å². The molecule has 1 aliphatic heterocycles. The number of hydrogen-bond donors (Lipinski definition) is 1. The third-order valence-electron chi connectivity index (χ3n) is 4.17. The van der Waals surface area contributed by atoms with Crippen molar-refractivity contribution in [3.05, 3.63) is 29.8 Å². The summed E-state index contributed by atoms with van der Waals surface area (Å²) >= 11 is 0. The minimum Gasteiger partial charge on any atom is -0.379 e. The summed E-state index contributed by atoms with van der Waals surface area (Å²) in [6.07, 6.45) is 0. The van der Waals surface area contributed by atoms with Gasteiger partial charge in [0.15, 0.2) is 0 Å². The zero-order valence-corrected chi connectivity index (χ0v) is 14.0. The minimum atomic E-state index is -0.0172. The highest BCUT2D eigenvalue weighted by molar-refractivity contribution is 5.95. The molecule has 5 nitrogen and oxygen atoms in total. The van der Waals surface area contributed by atoms with Gasteiger partial charge in [-0.05, 0) is 32.0 Å². The van der Waals surface area contributed by atoms with Crippen molar-refractivity contribution in [3.63, 3.8) is 0 Å². The lowest BCUT2D eigenvalue weighted by molar-refractivity contribution is -0.0178. The number of amides is 1. The Labute approximate surface area is 133 Å². The maximum atomic E-state index is 12.3. The third kappa shape index (κ3) is 4.21. The molecule has 0 bridgehead atoms. The summed E-state index contributed by atoms with van der Waals surface area (Å²) in [6, 6.07) is 8.38. The normalized spacial score (nSPS) is 20.5. The number of ether oxygens (including phenoxy) is 1. The van der Waals surface area contributed by atoms with Gasteiger partial charge in [0.05, 0.1) is 13.2 Å². The summed E-state index contributed by atoms with van der Waals surface area (Å²) in [5.74, 6) is -0.0172. The lowest BCUT2D eigenvalue weighted by Crippen LogP contribution is -2.51. The molecule has 5 heteroatoms. The Bertz CT molecular complexity index is 504. The van der Waals surface area contributed by atoms with Crippen molar-refractivity contribution in [1.82, 2.24) is 10.2 Å². The highest BCUT2D eigenvalue weighted by atomic mass is 16.5. The molecule has 1 aromatic rings. The van der Waals surface area contributed by atoms with E-state index in [0.29, 0.717) is 24.2 Å². The van der Waals surface area contributed by atoms with Gasteiger partial charge in [0, 0.05) is 50.5 Å². The van der Waals surface area contributed by atoms with Gasteiger partial charge in [0.2, 0.25) is 0 Å². The van der Waals surface area contributed by atoms with E-state index in [9.17, 15) is 4.79 Å². The van der Waals surface area contributed by atoms with Gasteiger partial charge in [0.25, 0.3) is 5.91 Å². The van der Waals surface area contributed by atoms with Crippen LogP contribution < -0.4 is 10.2 Å². The third-order valence-corrected chi connectivity index (χ3v) is 4.17. The number of anilines is 1. The van der Waals surface area contributed by atoms with Gasteiger partial charge in [-0.1, -0.05) is 6.07 Å². The number of morpholine rings is 1. The largest absolute Gasteiger partial charge is 0.379 e. The van der Waals surface area contributed by atoms with Crippen molar-refractivity contribution in [3.8, 4) is 0 Å². The molecule has 0 radical (unpaired) electrons. The first-order valence-corrected chi connectivity index (χ1v) is 7.88. The van der Waals surface area contributed by atoms with Gasteiger partial charge in [0.1, 0.15) is 0 Å². The van der Waals surface area contributed by atoms with E-state index >= 15 is 0 Å². The molecular weight excluding hydrogens is 278 g/mol. The topological polar surface area (TPSA) is 44.8 Å². The number of rotatable bonds is 5. The van der Waals surface area contributed by atoms with Crippen LogP contribution >= 0.6 is 0 Å². The summed E-state index contributed by atoms with van der Waals surface area (Å²) in [6.45, 7) is 7.43. The van der Waals surface area contributed by atoms with Gasteiger partial charge in [-0.15, -0.1) is 0 Å². The molecule has 1 aromatic carbocycles. The zero-order valence-electron chi connectivity index (χ0n) is 14.0. The summed E-state index contributed by atoms with van der Waals surface area (Å²) in [5.41, 5.74) is 1.73. The fourth-order valence-electron chi connectivity index (χ4n) is 2.78. The molecule has 0 aromatic heterocycles. The van der Waals surface area contributed by atoms with Crippen LogP contribution in [0, 0.1) is 0 Å². The molecule has 1 amide bonds. The summed E-state index contributed by atoms with van der Waals surface area (Å²) in [4.78, 5) is 16.7. The van der Waals surface area contributed by atoms with Crippen LogP contribution in [0.1, 0.15) is 24.2 Å². The number of carbonyl (C=O) groups is 1. The molecule has 0 unspecified atom stereocenters. The van der Waals surface area contributed by atoms with E-state index in [-0.39, 0.29) is 5.91 Å². The average molecular weight is 305 g/mol. The van der Waals surface area contributed by atoms with Crippen molar-refractivity contribution in [1.29, 1.82) is 0 Å². The van der Waals surface area contributed by atoms with Crippen LogP contribution in [0.3, 0.4) is 0 Å². The smallest absolute Gasteiger partial charge is 0.251 e. The van der Waals surface area contributed by atoms with Crippen LogP contribution in [0.15, 0.2) is 24.3 Å². The van der Waals surface area contributed by atoms with E-state index < -0.39 is 0 Å². The quantitative estimate of drug-likeness (QED) is 0.897. The van der Waals surface area contributed by atoms with Crippen LogP contribution in [0.25, 0.3) is 0 Å². The molecule has 0 saturated carbocycles. The predicted molar refractivity (Wildman–Crippen MR) is 89.6 cm³/mol. The van der Waals surface area contributed by atoms with Crippen molar-refractivity contribution < 1.29 is 9.53 Å². The molecule has 1 aliphatic rings. The fraction of sp³-hybridized carbons (Fsp3) is 0.588. The maximum absolute atomic E-state index is 12.3. The van der Waals surface area contributed by atoms with Crippen molar-refractivity contribution in [2.75, 3.05) is 45.3 Å². The fourth-order valence-corrected chi connectivity index (χ4v) is 2.78. The van der Waals surface area contributed by atoms with Crippen LogP contribution in [-0.2, 0) is 4.74 Å². The summed E-state index contributed by atoms with van der Waals surface area (Å²) < 4.78 is 5.46. The van der Waals surface area contributed by atoms with Crippen molar-refractivity contribution >= 4 is 11.6 Å². The standard InChI is InChI=1S/C17H27N3O2/c1-13(20-8-9-22-12-14(20)2)11-18-17(21)15-6-5-7-16(10-15)19(3)4/h5-7,10,13-14H,8-9,11-12H2,1-4H3,(H,18,21)/t13-,14-/m1/s1. The number of carbonyl (C=O) groups excluding carboxylic acids is 1. The predicted octanol–water partition coefficient (Wildman–Crippen LogP) is 1.59. The van der Waals surface area contributed by atoms with Crippen LogP contribution in [0.4, 0.5) is 5.69 Å². The number of nitrogens with one attached hydrogen (secondary N) is 1. The van der Waals surface area contributed by atoms with Crippen LogP contribution in [-0.4, -0.2) is 63.3 Å². The highest BCUT2D eigenvalue weighted by Crippen LogP contribution is 2.14. The summed E-state index contributed by atoms with van der Waals surface area (Å²) in [7, 11) is 3.94. The lowest BCUT2D eigenvalue weighted by atomic mass is 10.1. The first kappa shape index (κ1) is 16.8. The Hall–Kier alpha value is -1.59. The molecule has 22 heavy (non-hydrogen) atoms. The molecular formula is C17H27N3O2. The summed E-state index contributed by atoms with van der Waals surface area (Å²) in [5, 5.41) is 3.04. The highest BCUT2D eigenvalue weighted by Gasteiger charge is 2.23. The van der Waals surface area contributed by atoms with Crippen molar-refractivity contribution in [2.45, 2.75) is 25.9 Å². The second kappa shape index (κ2) is 7.61. The molecule has 2 rings (SSSR count). The van der Waals surface area contributed by atoms with Gasteiger partial charge < -0.3 is 15.0 Å². The van der Waals surface area contributed by atoms with E-state index in [4.69, 9.17) is 4.74 Å². The van der Waals surface area contributed by atoms with Crippen LogP contribution in [0.5, 0.6) is 0 Å². The molecule has 2 atom stereocenters. The molecule has 1 saturated heterocycles. The Balaban J connectivity index is 1.90. The maximum Gasteiger partial charge on any atom is 0.251 e. The van der Waals surface area contributed by atoms with E-state index in [0.717, 1.165) is 25.4 Å². The van der Waals surface area contributed by atoms with E-state index in [1.165, 1.54) is 0 Å². The molecule has 0 spiro atoms.